The van der Waals surface area contributed by atoms with Crippen molar-refractivity contribution in [1.29, 1.82) is 0 Å². The number of hydrogen-bond donors (Lipinski definition) is 1. The minimum atomic E-state index is -1.08. The van der Waals surface area contributed by atoms with E-state index in [-0.39, 0.29) is 28.9 Å². The summed E-state index contributed by atoms with van der Waals surface area (Å²) in [5.74, 6) is -0.363. The second kappa shape index (κ2) is 10.8. The molecular formula is C29H38F2N2O2. The third kappa shape index (κ3) is 5.44. The highest BCUT2D eigenvalue weighted by Gasteiger charge is 2.59. The van der Waals surface area contributed by atoms with Crippen LogP contribution < -0.4 is 0 Å². The molecule has 0 saturated carbocycles. The van der Waals surface area contributed by atoms with Crippen LogP contribution in [0.5, 0.6) is 0 Å². The number of nitrogens with zero attached hydrogens (tertiary/aromatic N) is 2. The fourth-order valence-electron chi connectivity index (χ4n) is 6.03. The summed E-state index contributed by atoms with van der Waals surface area (Å²) in [4.78, 5) is 16.8. The Kier molecular flexibility index (Phi) is 7.92. The van der Waals surface area contributed by atoms with E-state index in [4.69, 9.17) is 0 Å². The summed E-state index contributed by atoms with van der Waals surface area (Å²) in [5, 5.41) is 11.4. The molecule has 2 aliphatic heterocycles. The number of likely N-dealkylation sites (tertiary alicyclic amines) is 2. The van der Waals surface area contributed by atoms with Crippen molar-refractivity contribution in [3.8, 4) is 0 Å². The molecule has 1 spiro atoms. The second-order valence-corrected chi connectivity index (χ2v) is 10.5. The lowest BCUT2D eigenvalue weighted by Crippen LogP contribution is -2.56. The van der Waals surface area contributed by atoms with Crippen molar-refractivity contribution in [2.24, 2.45) is 5.41 Å². The molecule has 0 radical (unpaired) electrons. The highest BCUT2D eigenvalue weighted by molar-refractivity contribution is 5.80. The molecule has 2 heterocycles. The van der Waals surface area contributed by atoms with E-state index in [0.29, 0.717) is 13.0 Å². The van der Waals surface area contributed by atoms with E-state index < -0.39 is 5.72 Å². The zero-order valence-electron chi connectivity index (χ0n) is 21.0. The van der Waals surface area contributed by atoms with Gasteiger partial charge in [0.05, 0.1) is 0 Å². The number of hydrogen-bond acceptors (Lipinski definition) is 3. The highest BCUT2D eigenvalue weighted by Crippen LogP contribution is 2.51. The van der Waals surface area contributed by atoms with Crippen LogP contribution in [0, 0.1) is 17.0 Å². The molecule has 190 valence electrons. The predicted octanol–water partition coefficient (Wildman–Crippen LogP) is 5.70. The number of piperidine rings is 1. The lowest BCUT2D eigenvalue weighted by molar-refractivity contribution is -0.166. The summed E-state index contributed by atoms with van der Waals surface area (Å²) >= 11 is 0. The van der Waals surface area contributed by atoms with Gasteiger partial charge >= 0.3 is 0 Å². The molecule has 4 nitrogen and oxygen atoms in total. The average molecular weight is 485 g/mol. The van der Waals surface area contributed by atoms with Crippen molar-refractivity contribution in [1.82, 2.24) is 9.80 Å². The monoisotopic (exact) mass is 484 g/mol. The van der Waals surface area contributed by atoms with Crippen LogP contribution in [0.25, 0.3) is 0 Å². The van der Waals surface area contributed by atoms with Gasteiger partial charge < -0.3 is 14.9 Å². The number of amides is 1. The summed E-state index contributed by atoms with van der Waals surface area (Å²) in [6, 6.07) is 13.2. The van der Waals surface area contributed by atoms with Crippen molar-refractivity contribution in [3.63, 3.8) is 0 Å². The smallest absolute Gasteiger partial charge is 0.225 e. The maximum Gasteiger partial charge on any atom is 0.225 e. The largest absolute Gasteiger partial charge is 0.370 e. The van der Waals surface area contributed by atoms with Gasteiger partial charge in [-0.25, -0.2) is 8.78 Å². The molecule has 0 bridgehead atoms. The third-order valence-electron chi connectivity index (χ3n) is 8.38. The van der Waals surface area contributed by atoms with E-state index in [2.05, 4.69) is 11.8 Å². The van der Waals surface area contributed by atoms with E-state index in [1.807, 2.05) is 31.2 Å². The van der Waals surface area contributed by atoms with Crippen LogP contribution in [0.4, 0.5) is 8.78 Å². The highest BCUT2D eigenvalue weighted by atomic mass is 19.1. The Bertz CT molecular complexity index is 937. The molecule has 1 unspecified atom stereocenters. The first-order chi connectivity index (χ1) is 16.8. The van der Waals surface area contributed by atoms with Crippen molar-refractivity contribution in [2.75, 3.05) is 26.2 Å². The van der Waals surface area contributed by atoms with Gasteiger partial charge in [0.2, 0.25) is 5.91 Å². The number of aliphatic hydroxyl groups is 1. The molecule has 2 fully saturated rings. The second-order valence-electron chi connectivity index (χ2n) is 10.5. The van der Waals surface area contributed by atoms with Gasteiger partial charge in [-0.1, -0.05) is 37.6 Å². The Hall–Kier alpha value is -2.31. The summed E-state index contributed by atoms with van der Waals surface area (Å²) in [5.41, 5.74) is 0.618. The SMILES string of the molecule is CCCCN1C(=O)CC2(CCN(CCCC(c3ccc(F)cc3)c3ccc(F)cc3)CC2)C1(C)O. The van der Waals surface area contributed by atoms with E-state index in [1.54, 1.807) is 4.90 Å². The Morgan fingerprint density at radius 1 is 0.914 bits per heavy atom. The molecular weight excluding hydrogens is 446 g/mol. The first kappa shape index (κ1) is 25.8. The van der Waals surface area contributed by atoms with Crippen LogP contribution in [0.1, 0.15) is 75.8 Å². The molecule has 2 saturated heterocycles. The molecule has 0 aliphatic carbocycles. The van der Waals surface area contributed by atoms with Gasteiger partial charge in [-0.3, -0.25) is 4.79 Å². The van der Waals surface area contributed by atoms with Gasteiger partial charge in [0.1, 0.15) is 17.4 Å². The van der Waals surface area contributed by atoms with Crippen LogP contribution in [0.3, 0.4) is 0 Å². The number of benzene rings is 2. The minimum absolute atomic E-state index is 0.0765. The van der Waals surface area contributed by atoms with Crippen LogP contribution in [-0.2, 0) is 4.79 Å². The molecule has 1 N–H and O–H groups in total. The summed E-state index contributed by atoms with van der Waals surface area (Å²) in [6.45, 7) is 7.21. The standard InChI is InChI=1S/C29H38F2N2O2/c1-3-4-18-33-27(34)21-29(28(33,2)35)15-19-32(20-16-29)17-5-6-26(22-7-11-24(30)12-8-22)23-9-13-25(31)14-10-23/h7-14,26,35H,3-6,15-21H2,1-2H3. The van der Waals surface area contributed by atoms with Crippen LogP contribution in [-0.4, -0.2) is 52.7 Å². The van der Waals surface area contributed by atoms with Gasteiger partial charge in [-0.15, -0.1) is 0 Å². The van der Waals surface area contributed by atoms with Gasteiger partial charge in [0.25, 0.3) is 0 Å². The summed E-state index contributed by atoms with van der Waals surface area (Å²) < 4.78 is 27.0. The minimum Gasteiger partial charge on any atom is -0.370 e. The topological polar surface area (TPSA) is 43.8 Å². The van der Waals surface area contributed by atoms with E-state index in [9.17, 15) is 18.7 Å². The first-order valence-corrected chi connectivity index (χ1v) is 13.0. The van der Waals surface area contributed by atoms with Crippen molar-refractivity contribution in [2.45, 2.75) is 70.4 Å². The molecule has 4 rings (SSSR count). The van der Waals surface area contributed by atoms with E-state index >= 15 is 0 Å². The summed E-state index contributed by atoms with van der Waals surface area (Å²) in [7, 11) is 0. The Balaban J connectivity index is 1.35. The van der Waals surface area contributed by atoms with Gasteiger partial charge in [0.15, 0.2) is 0 Å². The lowest BCUT2D eigenvalue weighted by atomic mass is 9.70. The van der Waals surface area contributed by atoms with Gasteiger partial charge in [-0.05, 0) is 94.1 Å². The maximum atomic E-state index is 13.5. The molecule has 1 atom stereocenters. The van der Waals surface area contributed by atoms with Gasteiger partial charge in [0, 0.05) is 24.3 Å². The number of carbonyl (C=O) groups excluding carboxylic acids is 1. The fourth-order valence-corrected chi connectivity index (χ4v) is 6.03. The number of halogens is 2. The van der Waals surface area contributed by atoms with Crippen LogP contribution >= 0.6 is 0 Å². The molecule has 35 heavy (non-hydrogen) atoms. The molecule has 0 aromatic heterocycles. The molecule has 1 amide bonds. The van der Waals surface area contributed by atoms with E-state index in [0.717, 1.165) is 69.3 Å². The third-order valence-corrected chi connectivity index (χ3v) is 8.38. The van der Waals surface area contributed by atoms with Gasteiger partial charge in [-0.2, -0.15) is 0 Å². The Morgan fingerprint density at radius 2 is 1.46 bits per heavy atom. The number of rotatable bonds is 9. The first-order valence-electron chi connectivity index (χ1n) is 13.0. The molecule has 2 aromatic carbocycles. The molecule has 2 aliphatic rings. The van der Waals surface area contributed by atoms with Crippen molar-refractivity contribution < 1.29 is 18.7 Å². The molecule has 6 heteroatoms. The number of carbonyl (C=O) groups is 1. The zero-order chi connectivity index (χ0) is 25.1. The normalized spacial score (nSPS) is 22.5. The Labute approximate surface area is 207 Å². The average Bonchev–Trinajstić information content (AvgIpc) is 3.02. The van der Waals surface area contributed by atoms with E-state index in [1.165, 1.54) is 24.3 Å². The predicted molar refractivity (Wildman–Crippen MR) is 134 cm³/mol. The quantitative estimate of drug-likeness (QED) is 0.497. The van der Waals surface area contributed by atoms with Crippen LogP contribution in [0.15, 0.2) is 48.5 Å². The maximum absolute atomic E-state index is 13.5. The molecule has 2 aromatic rings. The zero-order valence-corrected chi connectivity index (χ0v) is 21.0. The number of unbranched alkanes of at least 4 members (excludes halogenated alkanes) is 1. The lowest BCUT2D eigenvalue weighted by Gasteiger charge is -2.47. The van der Waals surface area contributed by atoms with Crippen LogP contribution in [0.2, 0.25) is 0 Å². The van der Waals surface area contributed by atoms with Crippen molar-refractivity contribution >= 4 is 5.91 Å². The van der Waals surface area contributed by atoms with Crippen molar-refractivity contribution in [3.05, 3.63) is 71.3 Å². The Morgan fingerprint density at radius 3 is 1.97 bits per heavy atom. The summed E-state index contributed by atoms with van der Waals surface area (Å²) in [6.07, 6.45) is 5.80. The fraction of sp³-hybridized carbons (Fsp3) is 0.552.